The van der Waals surface area contributed by atoms with E-state index in [0.29, 0.717) is 5.69 Å². The van der Waals surface area contributed by atoms with Crippen molar-refractivity contribution in [2.24, 2.45) is 5.41 Å². The van der Waals surface area contributed by atoms with Crippen LogP contribution < -0.4 is 10.2 Å². The predicted molar refractivity (Wildman–Crippen MR) is 62.3 cm³/mol. The van der Waals surface area contributed by atoms with E-state index in [2.05, 4.69) is 5.32 Å². The van der Waals surface area contributed by atoms with Crippen molar-refractivity contribution in [3.05, 3.63) is 24.3 Å². The maximum absolute atomic E-state index is 12.1. The summed E-state index contributed by atoms with van der Waals surface area (Å²) in [6.45, 7) is 3.26. The van der Waals surface area contributed by atoms with Gasteiger partial charge in [0.1, 0.15) is 5.41 Å². The molecular formula is C12H14N2O2. The van der Waals surface area contributed by atoms with Crippen molar-refractivity contribution < 1.29 is 9.59 Å². The van der Waals surface area contributed by atoms with Gasteiger partial charge in [-0.2, -0.15) is 0 Å². The normalized spacial score (nSPS) is 18.8. The van der Waals surface area contributed by atoms with Gasteiger partial charge in [-0.05, 0) is 26.0 Å². The summed E-state index contributed by atoms with van der Waals surface area (Å²) in [4.78, 5) is 25.5. The summed E-state index contributed by atoms with van der Waals surface area (Å²) < 4.78 is 0. The van der Waals surface area contributed by atoms with Crippen molar-refractivity contribution >= 4 is 23.2 Å². The van der Waals surface area contributed by atoms with E-state index >= 15 is 0 Å². The van der Waals surface area contributed by atoms with Crippen LogP contribution in [-0.4, -0.2) is 18.9 Å². The minimum absolute atomic E-state index is 0.199. The molecule has 1 N–H and O–H groups in total. The fourth-order valence-electron chi connectivity index (χ4n) is 1.78. The van der Waals surface area contributed by atoms with Crippen LogP contribution in [0.3, 0.4) is 0 Å². The van der Waals surface area contributed by atoms with E-state index in [4.69, 9.17) is 0 Å². The largest absolute Gasteiger partial charge is 0.323 e. The maximum Gasteiger partial charge on any atom is 0.241 e. The van der Waals surface area contributed by atoms with Crippen LogP contribution in [0.15, 0.2) is 24.3 Å². The zero-order valence-corrected chi connectivity index (χ0v) is 9.57. The molecule has 1 aromatic rings. The van der Waals surface area contributed by atoms with E-state index in [9.17, 15) is 9.59 Å². The molecule has 0 radical (unpaired) electrons. The van der Waals surface area contributed by atoms with Gasteiger partial charge in [0.2, 0.25) is 11.8 Å². The molecule has 0 saturated carbocycles. The van der Waals surface area contributed by atoms with Crippen LogP contribution in [0.1, 0.15) is 13.8 Å². The molecule has 4 heteroatoms. The third-order valence-electron chi connectivity index (χ3n) is 2.92. The molecule has 0 aliphatic carbocycles. The van der Waals surface area contributed by atoms with E-state index in [1.165, 1.54) is 4.90 Å². The summed E-state index contributed by atoms with van der Waals surface area (Å²) in [5.41, 5.74) is 0.369. The molecule has 2 amide bonds. The fraction of sp³-hybridized carbons (Fsp3) is 0.333. The molecule has 0 atom stereocenters. The molecule has 0 aromatic heterocycles. The number of benzene rings is 1. The molecule has 0 saturated heterocycles. The van der Waals surface area contributed by atoms with Crippen LogP contribution in [0.25, 0.3) is 0 Å². The molecule has 1 aliphatic rings. The lowest BCUT2D eigenvalue weighted by molar-refractivity contribution is -0.136. The van der Waals surface area contributed by atoms with Crippen LogP contribution in [0, 0.1) is 5.41 Å². The molecule has 2 rings (SSSR count). The van der Waals surface area contributed by atoms with E-state index in [-0.39, 0.29) is 11.8 Å². The quantitative estimate of drug-likeness (QED) is 0.673. The standard InChI is InChI=1S/C12H14N2O2/c1-12(2)10(15)13-8-6-4-5-7-9(8)14(3)11(12)16/h4-7H,1-3H3,(H,13,15). The van der Waals surface area contributed by atoms with Crippen molar-refractivity contribution in [3.8, 4) is 0 Å². The van der Waals surface area contributed by atoms with Gasteiger partial charge in [0, 0.05) is 7.05 Å². The molecule has 16 heavy (non-hydrogen) atoms. The summed E-state index contributed by atoms with van der Waals surface area (Å²) in [5, 5.41) is 2.77. The van der Waals surface area contributed by atoms with Gasteiger partial charge in [-0.1, -0.05) is 12.1 Å². The van der Waals surface area contributed by atoms with Gasteiger partial charge >= 0.3 is 0 Å². The molecular weight excluding hydrogens is 204 g/mol. The Morgan fingerprint density at radius 1 is 1.19 bits per heavy atom. The number of anilines is 2. The highest BCUT2D eigenvalue weighted by Gasteiger charge is 2.41. The molecule has 0 spiro atoms. The second kappa shape index (κ2) is 3.33. The van der Waals surface area contributed by atoms with E-state index in [0.717, 1.165) is 5.69 Å². The van der Waals surface area contributed by atoms with Crippen molar-refractivity contribution in [1.82, 2.24) is 0 Å². The Morgan fingerprint density at radius 2 is 1.81 bits per heavy atom. The lowest BCUT2D eigenvalue weighted by Crippen LogP contribution is -2.43. The van der Waals surface area contributed by atoms with Gasteiger partial charge in [-0.25, -0.2) is 0 Å². The third-order valence-corrected chi connectivity index (χ3v) is 2.92. The Kier molecular flexibility index (Phi) is 2.22. The first-order valence-corrected chi connectivity index (χ1v) is 5.13. The highest BCUT2D eigenvalue weighted by atomic mass is 16.2. The average Bonchev–Trinajstić information content (AvgIpc) is 2.32. The van der Waals surface area contributed by atoms with Gasteiger partial charge < -0.3 is 10.2 Å². The number of fused-ring (bicyclic) bond motifs is 1. The Labute approximate surface area is 94.2 Å². The first-order chi connectivity index (χ1) is 7.44. The number of carbonyl (C=O) groups excluding carboxylic acids is 2. The summed E-state index contributed by atoms with van der Waals surface area (Å²) in [6, 6.07) is 7.27. The first-order valence-electron chi connectivity index (χ1n) is 5.13. The van der Waals surface area contributed by atoms with Gasteiger partial charge in [0.05, 0.1) is 11.4 Å². The summed E-state index contributed by atoms with van der Waals surface area (Å²) >= 11 is 0. The van der Waals surface area contributed by atoms with Crippen molar-refractivity contribution in [2.45, 2.75) is 13.8 Å². The summed E-state index contributed by atoms with van der Waals surface area (Å²) in [5.74, 6) is -0.468. The van der Waals surface area contributed by atoms with Crippen molar-refractivity contribution in [1.29, 1.82) is 0 Å². The SMILES string of the molecule is CN1C(=O)C(C)(C)C(=O)Nc2ccccc21. The Morgan fingerprint density at radius 3 is 2.50 bits per heavy atom. The van der Waals surface area contributed by atoms with Gasteiger partial charge in [0.25, 0.3) is 0 Å². The van der Waals surface area contributed by atoms with E-state index in [1.807, 2.05) is 18.2 Å². The van der Waals surface area contributed by atoms with Gasteiger partial charge in [-0.3, -0.25) is 9.59 Å². The molecule has 1 aromatic carbocycles. The van der Waals surface area contributed by atoms with Crippen molar-refractivity contribution in [2.75, 3.05) is 17.3 Å². The van der Waals surface area contributed by atoms with Crippen LogP contribution in [0.4, 0.5) is 11.4 Å². The van der Waals surface area contributed by atoms with Crippen molar-refractivity contribution in [3.63, 3.8) is 0 Å². The summed E-state index contributed by atoms with van der Waals surface area (Å²) in [6.07, 6.45) is 0. The molecule has 0 fully saturated rings. The lowest BCUT2D eigenvalue weighted by Gasteiger charge is -2.23. The Hall–Kier alpha value is -1.84. The zero-order chi connectivity index (χ0) is 11.9. The topological polar surface area (TPSA) is 49.4 Å². The van der Waals surface area contributed by atoms with Gasteiger partial charge in [0.15, 0.2) is 0 Å². The molecule has 1 aliphatic heterocycles. The van der Waals surface area contributed by atoms with E-state index < -0.39 is 5.41 Å². The lowest BCUT2D eigenvalue weighted by atomic mass is 9.91. The molecule has 0 unspecified atom stereocenters. The van der Waals surface area contributed by atoms with Crippen LogP contribution in [-0.2, 0) is 9.59 Å². The molecule has 0 bridgehead atoms. The number of hydrogen-bond donors (Lipinski definition) is 1. The zero-order valence-electron chi connectivity index (χ0n) is 9.57. The minimum Gasteiger partial charge on any atom is -0.323 e. The number of hydrogen-bond acceptors (Lipinski definition) is 2. The highest BCUT2D eigenvalue weighted by Crippen LogP contribution is 2.33. The number of amides is 2. The number of nitrogens with zero attached hydrogens (tertiary/aromatic N) is 1. The molecule has 4 nitrogen and oxygen atoms in total. The number of nitrogens with one attached hydrogen (secondary N) is 1. The average molecular weight is 218 g/mol. The first kappa shape index (κ1) is 10.7. The van der Waals surface area contributed by atoms with Crippen LogP contribution >= 0.6 is 0 Å². The smallest absolute Gasteiger partial charge is 0.241 e. The Balaban J connectivity index is 2.59. The fourth-order valence-corrected chi connectivity index (χ4v) is 1.78. The van der Waals surface area contributed by atoms with Crippen LogP contribution in [0.5, 0.6) is 0 Å². The van der Waals surface area contributed by atoms with Gasteiger partial charge in [-0.15, -0.1) is 0 Å². The second-order valence-corrected chi connectivity index (χ2v) is 4.46. The Bertz CT molecular complexity index is 466. The molecule has 84 valence electrons. The number of para-hydroxylation sites is 2. The monoisotopic (exact) mass is 218 g/mol. The number of carbonyl (C=O) groups is 2. The highest BCUT2D eigenvalue weighted by molar-refractivity contribution is 6.18. The van der Waals surface area contributed by atoms with Crippen LogP contribution in [0.2, 0.25) is 0 Å². The maximum atomic E-state index is 12.1. The van der Waals surface area contributed by atoms with E-state index in [1.54, 1.807) is 27.0 Å². The number of rotatable bonds is 0. The second-order valence-electron chi connectivity index (χ2n) is 4.46. The summed E-state index contributed by atoms with van der Waals surface area (Å²) in [7, 11) is 1.68. The molecule has 1 heterocycles. The predicted octanol–water partition coefficient (Wildman–Crippen LogP) is 1.63. The minimum atomic E-state index is -1.03. The third kappa shape index (κ3) is 1.38.